The maximum Gasteiger partial charge on any atom is 0.325 e. The van der Waals surface area contributed by atoms with Crippen LogP contribution in [0.1, 0.15) is 63.8 Å². The number of cyclic esters (lactones) is 1. The molecule has 5 bridgehead atoms. The average Bonchev–Trinajstić information content (AvgIpc) is 3.01. The molecule has 2 aromatic rings. The first kappa shape index (κ1) is 30.4. The van der Waals surface area contributed by atoms with E-state index in [0.29, 0.717) is 56.6 Å². The lowest BCUT2D eigenvalue weighted by Gasteiger charge is -2.36. The van der Waals surface area contributed by atoms with Crippen LogP contribution in [0.25, 0.3) is 17.0 Å². The van der Waals surface area contributed by atoms with Crippen LogP contribution in [0.3, 0.4) is 0 Å². The van der Waals surface area contributed by atoms with Gasteiger partial charge in [0.2, 0.25) is 11.8 Å². The fraction of sp³-hybridized carbons (Fsp3) is 0.469. The number of esters is 1. The lowest BCUT2D eigenvalue weighted by Crippen LogP contribution is -2.61. The predicted octanol–water partition coefficient (Wildman–Crippen LogP) is 2.30. The van der Waals surface area contributed by atoms with E-state index in [1.807, 2.05) is 42.5 Å². The topological polar surface area (TPSA) is 142 Å². The number of amides is 3. The molecule has 3 aliphatic rings. The first-order valence-electron chi connectivity index (χ1n) is 14.9. The molecular weight excluding hydrogens is 548 g/mol. The Bertz CT molecular complexity index is 1470. The smallest absolute Gasteiger partial charge is 0.325 e. The molecule has 0 aliphatic carbocycles. The lowest BCUT2D eigenvalue weighted by atomic mass is 9.77. The number of pyridine rings is 1. The van der Waals surface area contributed by atoms with Crippen LogP contribution < -0.4 is 21.4 Å². The molecule has 1 spiro atoms. The van der Waals surface area contributed by atoms with Crippen LogP contribution in [0.4, 0.5) is 0 Å². The predicted molar refractivity (Wildman–Crippen MR) is 162 cm³/mol. The molecule has 3 amide bonds. The van der Waals surface area contributed by atoms with Crippen molar-refractivity contribution in [1.82, 2.24) is 31.4 Å². The van der Waals surface area contributed by atoms with E-state index in [1.54, 1.807) is 20.8 Å². The van der Waals surface area contributed by atoms with E-state index in [2.05, 4.69) is 28.0 Å². The Balaban J connectivity index is 1.53. The summed E-state index contributed by atoms with van der Waals surface area (Å²) in [7, 11) is 0. The van der Waals surface area contributed by atoms with Gasteiger partial charge < -0.3 is 20.7 Å². The summed E-state index contributed by atoms with van der Waals surface area (Å²) in [4.78, 5) is 58.5. The summed E-state index contributed by atoms with van der Waals surface area (Å²) in [5, 5.41) is 11.2. The zero-order valence-corrected chi connectivity index (χ0v) is 24.9. The van der Waals surface area contributed by atoms with Crippen molar-refractivity contribution in [2.75, 3.05) is 19.6 Å². The van der Waals surface area contributed by atoms with Gasteiger partial charge in [-0.25, -0.2) is 10.4 Å². The zero-order valence-electron chi connectivity index (χ0n) is 24.9. The highest BCUT2D eigenvalue weighted by Crippen LogP contribution is 2.33. The molecule has 43 heavy (non-hydrogen) atoms. The van der Waals surface area contributed by atoms with Crippen LogP contribution in [0.5, 0.6) is 0 Å². The van der Waals surface area contributed by atoms with Gasteiger partial charge in [-0.3, -0.25) is 24.2 Å². The van der Waals surface area contributed by atoms with Crippen molar-refractivity contribution in [3.05, 3.63) is 59.8 Å². The molecule has 1 aromatic heterocycles. The first-order valence-corrected chi connectivity index (χ1v) is 14.9. The van der Waals surface area contributed by atoms with Gasteiger partial charge in [0, 0.05) is 11.9 Å². The molecule has 228 valence electrons. The number of hydrogen-bond acceptors (Lipinski definition) is 8. The van der Waals surface area contributed by atoms with E-state index in [9.17, 15) is 19.2 Å². The molecule has 4 heterocycles. The standard InChI is InChI=1S/C32H40N6O5/c1-19(2)27-28(39)34-20(3)29(40)38-17-5-6-25(37-38)30(41)43-21(4)24-10-9-23-8-7-22(18-26(23)35-24)11-12-32(31(42)36-27)13-15-33-16-14-32/h7-12,18,20-21,25,27,33,37H,1,5-6,13-17H2,2-4H3,(H,34,39)(H,36,42)/b12-11+/t20-,21+,25-,27-/m0/s1. The Labute approximate surface area is 251 Å². The number of carbonyl (C=O) groups excluding carboxylic acids is 4. The van der Waals surface area contributed by atoms with E-state index >= 15 is 0 Å². The van der Waals surface area contributed by atoms with E-state index in [0.717, 1.165) is 16.5 Å². The van der Waals surface area contributed by atoms with E-state index in [1.165, 1.54) is 5.01 Å². The van der Waals surface area contributed by atoms with Gasteiger partial charge in [-0.1, -0.05) is 36.9 Å². The quantitative estimate of drug-likeness (QED) is 0.294. The summed E-state index contributed by atoms with van der Waals surface area (Å²) in [5.74, 6) is -1.69. The van der Waals surface area contributed by atoms with Gasteiger partial charge >= 0.3 is 5.97 Å². The zero-order chi connectivity index (χ0) is 30.7. The number of nitrogens with zero attached hydrogens (tertiary/aromatic N) is 2. The Morgan fingerprint density at radius 1 is 1.07 bits per heavy atom. The minimum atomic E-state index is -1.03. The molecule has 1 aromatic carbocycles. The second-order valence-electron chi connectivity index (χ2n) is 11.8. The third-order valence-electron chi connectivity index (χ3n) is 8.49. The fourth-order valence-corrected chi connectivity index (χ4v) is 5.79. The Morgan fingerprint density at radius 3 is 2.56 bits per heavy atom. The molecule has 0 saturated carbocycles. The summed E-state index contributed by atoms with van der Waals surface area (Å²) in [6.07, 6.45) is 5.40. The van der Waals surface area contributed by atoms with Gasteiger partial charge in [0.15, 0.2) is 0 Å². The number of carbonyl (C=O) groups is 4. The van der Waals surface area contributed by atoms with Crippen LogP contribution >= 0.6 is 0 Å². The number of ether oxygens (including phenoxy) is 1. The maximum absolute atomic E-state index is 13.9. The van der Waals surface area contributed by atoms with Crippen LogP contribution in [-0.4, -0.2) is 71.4 Å². The van der Waals surface area contributed by atoms with Crippen molar-refractivity contribution >= 4 is 40.7 Å². The Morgan fingerprint density at radius 2 is 1.81 bits per heavy atom. The molecule has 3 aliphatic heterocycles. The van der Waals surface area contributed by atoms with Gasteiger partial charge in [0.25, 0.3) is 5.91 Å². The molecule has 11 nitrogen and oxygen atoms in total. The van der Waals surface area contributed by atoms with E-state index in [4.69, 9.17) is 9.72 Å². The van der Waals surface area contributed by atoms with Crippen molar-refractivity contribution in [2.45, 2.75) is 70.7 Å². The largest absolute Gasteiger partial charge is 0.455 e. The summed E-state index contributed by atoms with van der Waals surface area (Å²) in [6.45, 7) is 10.6. The van der Waals surface area contributed by atoms with E-state index in [-0.39, 0.29) is 5.91 Å². The van der Waals surface area contributed by atoms with Gasteiger partial charge in [0.05, 0.1) is 16.6 Å². The number of hydrogen-bond donors (Lipinski definition) is 4. The summed E-state index contributed by atoms with van der Waals surface area (Å²) >= 11 is 0. The molecule has 0 radical (unpaired) electrons. The van der Waals surface area contributed by atoms with Crippen molar-refractivity contribution in [3.63, 3.8) is 0 Å². The van der Waals surface area contributed by atoms with Gasteiger partial charge in [-0.15, -0.1) is 0 Å². The second kappa shape index (κ2) is 12.6. The number of fused-ring (bicyclic) bond motifs is 4. The van der Waals surface area contributed by atoms with Crippen molar-refractivity contribution in [2.24, 2.45) is 5.41 Å². The van der Waals surface area contributed by atoms with Gasteiger partial charge in [0.1, 0.15) is 24.2 Å². The monoisotopic (exact) mass is 588 g/mol. The highest BCUT2D eigenvalue weighted by Gasteiger charge is 2.40. The number of piperidine rings is 1. The number of benzene rings is 1. The highest BCUT2D eigenvalue weighted by atomic mass is 16.5. The average molecular weight is 589 g/mol. The van der Waals surface area contributed by atoms with Crippen molar-refractivity contribution in [1.29, 1.82) is 0 Å². The minimum absolute atomic E-state index is 0.274. The van der Waals surface area contributed by atoms with Gasteiger partial charge in [-0.2, -0.15) is 0 Å². The Hall–Kier alpha value is -4.09. The van der Waals surface area contributed by atoms with Crippen LogP contribution in [0.2, 0.25) is 0 Å². The molecule has 4 N–H and O–H groups in total. The van der Waals surface area contributed by atoms with E-state index < -0.39 is 47.4 Å². The second-order valence-corrected chi connectivity index (χ2v) is 11.8. The molecule has 5 rings (SSSR count). The normalized spacial score (nSPS) is 27.7. The maximum atomic E-state index is 13.9. The number of nitrogens with one attached hydrogen (secondary N) is 4. The third-order valence-corrected chi connectivity index (χ3v) is 8.49. The Kier molecular flexibility index (Phi) is 8.93. The number of hydrazine groups is 1. The third kappa shape index (κ3) is 6.62. The SMILES string of the molecule is C=C(C)[C@@H]1NC(=O)C2(/C=C/c3ccc4ccc(nc4c3)[C@@H](C)OC(=O)[C@@H]3CCCN(N3)C(=O)[C@H](C)NC1=O)CCNCC2. The fourth-order valence-electron chi connectivity index (χ4n) is 5.79. The molecule has 4 atom stereocenters. The summed E-state index contributed by atoms with van der Waals surface area (Å²) in [6, 6.07) is 6.98. The van der Waals surface area contributed by atoms with Gasteiger partial charge in [-0.05, 0) is 82.8 Å². The van der Waals surface area contributed by atoms with Crippen LogP contribution in [-0.2, 0) is 23.9 Å². The molecule has 11 heteroatoms. The highest BCUT2D eigenvalue weighted by molar-refractivity contribution is 5.95. The lowest BCUT2D eigenvalue weighted by molar-refractivity contribution is -0.157. The minimum Gasteiger partial charge on any atom is -0.455 e. The first-order chi connectivity index (χ1) is 20.6. The van der Waals surface area contributed by atoms with Crippen molar-refractivity contribution < 1.29 is 23.9 Å². The summed E-state index contributed by atoms with van der Waals surface area (Å²) < 4.78 is 5.78. The molecular formula is C32H40N6O5. The molecule has 2 fully saturated rings. The number of aromatic nitrogens is 1. The van der Waals surface area contributed by atoms with Crippen molar-refractivity contribution in [3.8, 4) is 0 Å². The van der Waals surface area contributed by atoms with Crippen LogP contribution in [0, 0.1) is 5.41 Å². The summed E-state index contributed by atoms with van der Waals surface area (Å²) in [5.41, 5.74) is 4.78. The molecule has 2 saturated heterocycles. The number of rotatable bonds is 1. The van der Waals surface area contributed by atoms with Crippen LogP contribution in [0.15, 0.2) is 48.6 Å². The molecule has 0 unspecified atom stereocenters.